The normalized spacial score (nSPS) is 11.2. The summed E-state index contributed by atoms with van der Waals surface area (Å²) >= 11 is 0. The van der Waals surface area contributed by atoms with E-state index >= 15 is 0 Å². The lowest BCUT2D eigenvalue weighted by atomic mass is 9.92. The zero-order valence-electron chi connectivity index (χ0n) is 14.1. The van der Waals surface area contributed by atoms with E-state index < -0.39 is 5.41 Å². The van der Waals surface area contributed by atoms with Crippen LogP contribution in [0.3, 0.4) is 0 Å². The van der Waals surface area contributed by atoms with Gasteiger partial charge in [0.1, 0.15) is 0 Å². The van der Waals surface area contributed by atoms with Gasteiger partial charge in [-0.05, 0) is 24.3 Å². The van der Waals surface area contributed by atoms with Crippen LogP contribution in [0, 0.1) is 5.41 Å². The molecule has 3 N–H and O–H groups in total. The number of benzene rings is 2. The molecule has 24 heavy (non-hydrogen) atoms. The molecule has 128 valence electrons. The molecule has 2 rings (SSSR count). The average molecular weight is 328 g/mol. The van der Waals surface area contributed by atoms with E-state index in [0.29, 0.717) is 5.56 Å². The zero-order chi connectivity index (χ0) is 17.6. The van der Waals surface area contributed by atoms with Gasteiger partial charge in [0.15, 0.2) is 0 Å². The van der Waals surface area contributed by atoms with Crippen molar-refractivity contribution < 1.29 is 15.0 Å². The van der Waals surface area contributed by atoms with Gasteiger partial charge in [0.05, 0.1) is 24.5 Å². The Labute approximate surface area is 142 Å². The van der Waals surface area contributed by atoms with Crippen LogP contribution in [0.5, 0.6) is 0 Å². The van der Waals surface area contributed by atoms with E-state index in [4.69, 9.17) is 0 Å². The SMILES string of the molecule is CN(CC(C)(CO)CO)C(=O)c1ccccc1Nc1ccccc1. The van der Waals surface area contributed by atoms with Crippen molar-refractivity contribution in [3.05, 3.63) is 60.2 Å². The summed E-state index contributed by atoms with van der Waals surface area (Å²) in [7, 11) is 1.67. The molecule has 0 saturated heterocycles. The van der Waals surface area contributed by atoms with Crippen molar-refractivity contribution in [2.45, 2.75) is 6.92 Å². The molecule has 0 atom stereocenters. The highest BCUT2D eigenvalue weighted by Gasteiger charge is 2.27. The first kappa shape index (κ1) is 18.0. The highest BCUT2D eigenvalue weighted by molar-refractivity contribution is 6.00. The minimum Gasteiger partial charge on any atom is -0.396 e. The molecule has 0 fully saturated rings. The molecule has 0 spiro atoms. The summed E-state index contributed by atoms with van der Waals surface area (Å²) in [4.78, 5) is 14.3. The standard InChI is InChI=1S/C19H24N2O3/c1-19(13-22,14-23)12-21(2)18(24)16-10-6-7-11-17(16)20-15-8-4-3-5-9-15/h3-11,20,22-23H,12-14H2,1-2H3. The van der Waals surface area contributed by atoms with Gasteiger partial charge in [0.2, 0.25) is 0 Å². The topological polar surface area (TPSA) is 72.8 Å². The van der Waals surface area contributed by atoms with E-state index in [0.717, 1.165) is 11.4 Å². The molecule has 0 aliphatic carbocycles. The maximum absolute atomic E-state index is 12.8. The lowest BCUT2D eigenvalue weighted by molar-refractivity contribution is 0.0367. The van der Waals surface area contributed by atoms with Gasteiger partial charge in [-0.2, -0.15) is 0 Å². The fourth-order valence-corrected chi connectivity index (χ4v) is 2.46. The molecule has 2 aromatic carbocycles. The fraction of sp³-hybridized carbons (Fsp3) is 0.316. The lowest BCUT2D eigenvalue weighted by Gasteiger charge is -2.30. The summed E-state index contributed by atoms with van der Waals surface area (Å²) in [5.41, 5.74) is 1.43. The molecule has 0 radical (unpaired) electrons. The van der Waals surface area contributed by atoms with E-state index in [1.807, 2.05) is 48.5 Å². The maximum Gasteiger partial charge on any atom is 0.255 e. The summed E-state index contributed by atoms with van der Waals surface area (Å²) in [6, 6.07) is 16.9. The van der Waals surface area contributed by atoms with Crippen molar-refractivity contribution in [3.8, 4) is 0 Å². The van der Waals surface area contributed by atoms with Crippen LogP contribution in [-0.2, 0) is 0 Å². The first-order valence-corrected chi connectivity index (χ1v) is 7.87. The van der Waals surface area contributed by atoms with Crippen LogP contribution in [0.1, 0.15) is 17.3 Å². The second-order valence-corrected chi connectivity index (χ2v) is 6.32. The monoisotopic (exact) mass is 328 g/mol. The molecule has 0 aliphatic rings. The Kier molecular flexibility index (Phi) is 5.95. The quantitative estimate of drug-likeness (QED) is 0.730. The maximum atomic E-state index is 12.8. The number of rotatable bonds is 7. The van der Waals surface area contributed by atoms with Gasteiger partial charge in [-0.25, -0.2) is 0 Å². The largest absolute Gasteiger partial charge is 0.396 e. The summed E-state index contributed by atoms with van der Waals surface area (Å²) in [6.45, 7) is 1.62. The van der Waals surface area contributed by atoms with Gasteiger partial charge < -0.3 is 20.4 Å². The van der Waals surface area contributed by atoms with Crippen molar-refractivity contribution >= 4 is 17.3 Å². The number of hydrogen-bond donors (Lipinski definition) is 3. The van der Waals surface area contributed by atoms with Crippen molar-refractivity contribution in [2.75, 3.05) is 32.1 Å². The van der Waals surface area contributed by atoms with E-state index in [1.54, 1.807) is 20.0 Å². The number of amides is 1. The van der Waals surface area contributed by atoms with E-state index in [1.165, 1.54) is 4.90 Å². The van der Waals surface area contributed by atoms with Gasteiger partial charge in [-0.1, -0.05) is 37.3 Å². The second kappa shape index (κ2) is 7.95. The number of para-hydroxylation sites is 2. The third-order valence-electron chi connectivity index (χ3n) is 3.94. The Balaban J connectivity index is 2.20. The van der Waals surface area contributed by atoms with Gasteiger partial charge in [0, 0.05) is 24.7 Å². The molecule has 0 bridgehead atoms. The highest BCUT2D eigenvalue weighted by Crippen LogP contribution is 2.23. The number of nitrogens with one attached hydrogen (secondary N) is 1. The van der Waals surface area contributed by atoms with Gasteiger partial charge in [-0.3, -0.25) is 4.79 Å². The van der Waals surface area contributed by atoms with Gasteiger partial charge >= 0.3 is 0 Å². The third kappa shape index (κ3) is 4.34. The van der Waals surface area contributed by atoms with Crippen molar-refractivity contribution in [3.63, 3.8) is 0 Å². The Hall–Kier alpha value is -2.37. The number of aliphatic hydroxyl groups excluding tert-OH is 2. The molecule has 1 amide bonds. The number of nitrogens with zero attached hydrogens (tertiary/aromatic N) is 1. The predicted molar refractivity (Wildman–Crippen MR) is 95.4 cm³/mol. The molecule has 2 aromatic rings. The number of carbonyl (C=O) groups excluding carboxylic acids is 1. The molecule has 5 nitrogen and oxygen atoms in total. The molecule has 0 heterocycles. The first-order chi connectivity index (χ1) is 11.5. The molecule has 0 unspecified atom stereocenters. The van der Waals surface area contributed by atoms with E-state index in [2.05, 4.69) is 5.32 Å². The summed E-state index contributed by atoms with van der Waals surface area (Å²) in [5, 5.41) is 22.1. The van der Waals surface area contributed by atoms with Crippen molar-refractivity contribution in [1.29, 1.82) is 0 Å². The number of anilines is 2. The smallest absolute Gasteiger partial charge is 0.255 e. The van der Waals surface area contributed by atoms with Crippen LogP contribution in [0.15, 0.2) is 54.6 Å². The van der Waals surface area contributed by atoms with Crippen LogP contribution in [0.4, 0.5) is 11.4 Å². The predicted octanol–water partition coefficient (Wildman–Crippen LogP) is 2.49. The minimum atomic E-state index is -0.730. The molecule has 5 heteroatoms. The number of hydrogen-bond acceptors (Lipinski definition) is 4. The molecular weight excluding hydrogens is 304 g/mol. The summed E-state index contributed by atoms with van der Waals surface area (Å²) in [5.74, 6) is -0.165. The Morgan fingerprint density at radius 2 is 1.62 bits per heavy atom. The van der Waals surface area contributed by atoms with Crippen LogP contribution in [0.25, 0.3) is 0 Å². The van der Waals surface area contributed by atoms with Crippen molar-refractivity contribution in [2.24, 2.45) is 5.41 Å². The number of carbonyl (C=O) groups is 1. The molecule has 0 saturated carbocycles. The summed E-state index contributed by atoms with van der Waals surface area (Å²) in [6.07, 6.45) is 0. The third-order valence-corrected chi connectivity index (χ3v) is 3.94. The van der Waals surface area contributed by atoms with Crippen LogP contribution in [-0.4, -0.2) is 47.8 Å². The molecule has 0 aliphatic heterocycles. The average Bonchev–Trinajstić information content (AvgIpc) is 2.62. The van der Waals surface area contributed by atoms with Gasteiger partial charge in [0.25, 0.3) is 5.91 Å². The van der Waals surface area contributed by atoms with Crippen LogP contribution < -0.4 is 5.32 Å². The summed E-state index contributed by atoms with van der Waals surface area (Å²) < 4.78 is 0. The minimum absolute atomic E-state index is 0.165. The van der Waals surface area contributed by atoms with Gasteiger partial charge in [-0.15, -0.1) is 0 Å². The molecule has 0 aromatic heterocycles. The van der Waals surface area contributed by atoms with E-state index in [-0.39, 0.29) is 25.7 Å². The zero-order valence-corrected chi connectivity index (χ0v) is 14.1. The van der Waals surface area contributed by atoms with Crippen molar-refractivity contribution in [1.82, 2.24) is 4.90 Å². The second-order valence-electron chi connectivity index (χ2n) is 6.32. The first-order valence-electron chi connectivity index (χ1n) is 7.87. The Morgan fingerprint density at radius 1 is 1.04 bits per heavy atom. The Bertz CT molecular complexity index is 669. The number of aliphatic hydroxyl groups is 2. The lowest BCUT2D eigenvalue weighted by Crippen LogP contribution is -2.41. The van der Waals surface area contributed by atoms with Crippen LogP contribution in [0.2, 0.25) is 0 Å². The highest BCUT2D eigenvalue weighted by atomic mass is 16.3. The fourth-order valence-electron chi connectivity index (χ4n) is 2.46. The van der Waals surface area contributed by atoms with Crippen LogP contribution >= 0.6 is 0 Å². The molecular formula is C19H24N2O3. The Morgan fingerprint density at radius 3 is 2.25 bits per heavy atom. The van der Waals surface area contributed by atoms with E-state index in [9.17, 15) is 15.0 Å².